The van der Waals surface area contributed by atoms with E-state index < -0.39 is 0 Å². The van der Waals surface area contributed by atoms with Gasteiger partial charge in [0, 0.05) is 11.8 Å². The zero-order chi connectivity index (χ0) is 13.2. The maximum Gasteiger partial charge on any atom is 0.305 e. The number of carbonyl (C=O) groups is 1. The fourth-order valence-electron chi connectivity index (χ4n) is 1.83. The fourth-order valence-corrected chi connectivity index (χ4v) is 1.98. The van der Waals surface area contributed by atoms with Gasteiger partial charge in [0.1, 0.15) is 0 Å². The fraction of sp³-hybridized carbons (Fsp3) is 0.467. The number of rotatable bonds is 8. The molecule has 98 valence electrons. The summed E-state index contributed by atoms with van der Waals surface area (Å²) in [7, 11) is 0. The molecule has 1 rings (SSSR count). The lowest BCUT2D eigenvalue weighted by Crippen LogP contribution is -2.03. The van der Waals surface area contributed by atoms with E-state index in [9.17, 15) is 4.79 Å². The van der Waals surface area contributed by atoms with Gasteiger partial charge in [0.05, 0.1) is 6.61 Å². The summed E-state index contributed by atoms with van der Waals surface area (Å²) < 4.78 is 4.88. The first kappa shape index (κ1) is 14.8. The van der Waals surface area contributed by atoms with Crippen molar-refractivity contribution in [3.8, 4) is 0 Å². The van der Waals surface area contributed by atoms with E-state index in [0.29, 0.717) is 13.0 Å². The van der Waals surface area contributed by atoms with Gasteiger partial charge >= 0.3 is 5.97 Å². The molecule has 0 unspecified atom stereocenters. The van der Waals surface area contributed by atoms with Gasteiger partial charge in [-0.15, -0.1) is 0 Å². The monoisotopic (exact) mass is 264 g/mol. The molecule has 0 spiro atoms. The van der Waals surface area contributed by atoms with Crippen LogP contribution < -0.4 is 0 Å². The van der Waals surface area contributed by atoms with Gasteiger partial charge in [0.15, 0.2) is 0 Å². The maximum atomic E-state index is 11.1. The minimum absolute atomic E-state index is 0.0831. The third-order valence-corrected chi connectivity index (χ3v) is 3.01. The summed E-state index contributed by atoms with van der Waals surface area (Å²) in [6.07, 6.45) is 4.64. The van der Waals surface area contributed by atoms with Gasteiger partial charge in [-0.05, 0) is 37.3 Å². The zero-order valence-corrected chi connectivity index (χ0v) is 11.7. The van der Waals surface area contributed by atoms with E-state index in [2.05, 4.69) is 12.1 Å². The molecular formula is C15H20O2S. The first-order valence-corrected chi connectivity index (χ1v) is 6.93. The van der Waals surface area contributed by atoms with Crippen LogP contribution in [0.15, 0.2) is 24.3 Å². The number of hydrogen-bond donors (Lipinski definition) is 0. The SMILES string of the molecule is CCOC(=O)CCCCCc1cccc(C=S)c1. The van der Waals surface area contributed by atoms with Crippen LogP contribution in [0, 0.1) is 0 Å². The van der Waals surface area contributed by atoms with Crippen molar-refractivity contribution in [3.63, 3.8) is 0 Å². The lowest BCUT2D eigenvalue weighted by Gasteiger charge is -2.03. The molecule has 0 saturated heterocycles. The highest BCUT2D eigenvalue weighted by molar-refractivity contribution is 7.79. The van der Waals surface area contributed by atoms with Crippen LogP contribution in [0.4, 0.5) is 0 Å². The highest BCUT2D eigenvalue weighted by Crippen LogP contribution is 2.10. The molecule has 0 heterocycles. The molecule has 0 fully saturated rings. The number of aryl methyl sites for hydroxylation is 1. The second-order valence-electron chi connectivity index (χ2n) is 4.23. The van der Waals surface area contributed by atoms with Crippen LogP contribution in [0.1, 0.15) is 43.7 Å². The number of ether oxygens (including phenoxy) is 1. The second-order valence-corrected chi connectivity index (χ2v) is 4.46. The molecule has 1 aromatic carbocycles. The predicted molar refractivity (Wildman–Crippen MR) is 78.0 cm³/mol. The Hall–Kier alpha value is -1.22. The van der Waals surface area contributed by atoms with Gasteiger partial charge < -0.3 is 4.74 Å². The molecule has 0 bridgehead atoms. The van der Waals surface area contributed by atoms with Crippen molar-refractivity contribution in [1.82, 2.24) is 0 Å². The van der Waals surface area contributed by atoms with Crippen LogP contribution in [0.3, 0.4) is 0 Å². The number of benzene rings is 1. The van der Waals surface area contributed by atoms with E-state index in [1.54, 1.807) is 5.37 Å². The minimum Gasteiger partial charge on any atom is -0.466 e. The van der Waals surface area contributed by atoms with Gasteiger partial charge in [-0.1, -0.05) is 42.9 Å². The first-order valence-electron chi connectivity index (χ1n) is 6.46. The molecular weight excluding hydrogens is 244 g/mol. The molecule has 0 atom stereocenters. The number of thiocarbonyl (C=S) groups is 1. The molecule has 0 aromatic heterocycles. The maximum absolute atomic E-state index is 11.1. The van der Waals surface area contributed by atoms with Crippen molar-refractivity contribution in [2.45, 2.75) is 39.0 Å². The molecule has 0 radical (unpaired) electrons. The molecule has 0 aliphatic rings. The van der Waals surface area contributed by atoms with Gasteiger partial charge in [-0.3, -0.25) is 4.79 Å². The van der Waals surface area contributed by atoms with Crippen molar-refractivity contribution in [2.75, 3.05) is 6.61 Å². The quantitative estimate of drug-likeness (QED) is 0.407. The van der Waals surface area contributed by atoms with Crippen LogP contribution in [-0.2, 0) is 16.0 Å². The molecule has 0 N–H and O–H groups in total. The van der Waals surface area contributed by atoms with Crippen molar-refractivity contribution >= 4 is 23.6 Å². The highest BCUT2D eigenvalue weighted by atomic mass is 32.1. The minimum atomic E-state index is -0.0831. The van der Waals surface area contributed by atoms with Crippen molar-refractivity contribution in [3.05, 3.63) is 35.4 Å². The Morgan fingerprint density at radius 3 is 2.89 bits per heavy atom. The Morgan fingerprint density at radius 1 is 1.33 bits per heavy atom. The summed E-state index contributed by atoms with van der Waals surface area (Å²) in [5.74, 6) is -0.0831. The van der Waals surface area contributed by atoms with Crippen LogP contribution >= 0.6 is 12.2 Å². The van der Waals surface area contributed by atoms with Crippen LogP contribution in [0.5, 0.6) is 0 Å². The Labute approximate surface area is 114 Å². The van der Waals surface area contributed by atoms with Gasteiger partial charge in [-0.2, -0.15) is 0 Å². The Balaban J connectivity index is 2.17. The lowest BCUT2D eigenvalue weighted by atomic mass is 10.0. The van der Waals surface area contributed by atoms with Gasteiger partial charge in [-0.25, -0.2) is 0 Å². The molecule has 0 aliphatic carbocycles. The summed E-state index contributed by atoms with van der Waals surface area (Å²) in [5.41, 5.74) is 2.40. The van der Waals surface area contributed by atoms with E-state index in [0.717, 1.165) is 31.2 Å². The summed E-state index contributed by atoms with van der Waals surface area (Å²) in [6, 6.07) is 8.29. The van der Waals surface area contributed by atoms with Crippen molar-refractivity contribution in [1.29, 1.82) is 0 Å². The van der Waals surface area contributed by atoms with Gasteiger partial charge in [0.2, 0.25) is 0 Å². The van der Waals surface area contributed by atoms with Gasteiger partial charge in [0.25, 0.3) is 0 Å². The largest absolute Gasteiger partial charge is 0.466 e. The summed E-state index contributed by atoms with van der Waals surface area (Å²) in [5, 5.41) is 1.70. The third-order valence-electron chi connectivity index (χ3n) is 2.74. The molecule has 3 heteroatoms. The molecule has 1 aromatic rings. The second kappa shape index (κ2) is 8.81. The Bertz CT molecular complexity index is 388. The molecule has 2 nitrogen and oxygen atoms in total. The smallest absolute Gasteiger partial charge is 0.305 e. The predicted octanol–water partition coefficient (Wildman–Crippen LogP) is 3.70. The molecule has 0 aliphatic heterocycles. The van der Waals surface area contributed by atoms with Crippen molar-refractivity contribution in [2.24, 2.45) is 0 Å². The van der Waals surface area contributed by atoms with E-state index in [1.165, 1.54) is 5.56 Å². The lowest BCUT2D eigenvalue weighted by molar-refractivity contribution is -0.143. The van der Waals surface area contributed by atoms with Crippen LogP contribution in [0.25, 0.3) is 0 Å². The topological polar surface area (TPSA) is 26.3 Å². The molecule has 18 heavy (non-hydrogen) atoms. The van der Waals surface area contributed by atoms with E-state index in [-0.39, 0.29) is 5.97 Å². The van der Waals surface area contributed by atoms with E-state index in [1.807, 2.05) is 19.1 Å². The standard InChI is InChI=1S/C15H20O2S/c1-2-17-15(16)10-5-3-4-7-13-8-6-9-14(11-13)12-18/h6,8-9,11-12H,2-5,7,10H2,1H3. The first-order chi connectivity index (χ1) is 8.76. The number of hydrogen-bond acceptors (Lipinski definition) is 3. The normalized spacial score (nSPS) is 10.1. The number of carbonyl (C=O) groups excluding carboxylic acids is 1. The number of esters is 1. The van der Waals surface area contributed by atoms with E-state index in [4.69, 9.17) is 17.0 Å². The average Bonchev–Trinajstić information content (AvgIpc) is 2.39. The Kier molecular flexibility index (Phi) is 7.26. The summed E-state index contributed by atoms with van der Waals surface area (Å²) >= 11 is 4.91. The molecule has 0 saturated carbocycles. The number of unbranched alkanes of at least 4 members (excludes halogenated alkanes) is 2. The van der Waals surface area contributed by atoms with E-state index >= 15 is 0 Å². The molecule has 0 amide bonds. The Morgan fingerprint density at radius 2 is 2.17 bits per heavy atom. The zero-order valence-electron chi connectivity index (χ0n) is 10.9. The highest BCUT2D eigenvalue weighted by Gasteiger charge is 2.01. The summed E-state index contributed by atoms with van der Waals surface area (Å²) in [4.78, 5) is 11.1. The van der Waals surface area contributed by atoms with Crippen molar-refractivity contribution < 1.29 is 9.53 Å². The third kappa shape index (κ3) is 5.92. The van der Waals surface area contributed by atoms with Crippen LogP contribution in [-0.4, -0.2) is 17.9 Å². The summed E-state index contributed by atoms with van der Waals surface area (Å²) in [6.45, 7) is 2.31. The van der Waals surface area contributed by atoms with Crippen LogP contribution in [0.2, 0.25) is 0 Å². The average molecular weight is 264 g/mol.